The SMILES string of the molecule is Cc1ccc(-c2nc(-c3ccc(C(=O)NC(C)C)s3)no2)cc1. The molecule has 118 valence electrons. The van der Waals surface area contributed by atoms with E-state index in [1.54, 1.807) is 6.07 Å². The molecule has 3 rings (SSSR count). The average Bonchev–Trinajstić information content (AvgIpc) is 3.16. The highest BCUT2D eigenvalue weighted by atomic mass is 32.1. The smallest absolute Gasteiger partial charge is 0.261 e. The normalized spacial score (nSPS) is 11.0. The summed E-state index contributed by atoms with van der Waals surface area (Å²) in [6, 6.07) is 11.6. The number of benzene rings is 1. The van der Waals surface area contributed by atoms with Crippen LogP contribution >= 0.6 is 11.3 Å². The topological polar surface area (TPSA) is 68.0 Å². The summed E-state index contributed by atoms with van der Waals surface area (Å²) in [4.78, 5) is 17.8. The molecule has 1 amide bonds. The minimum absolute atomic E-state index is 0.0847. The predicted octanol–water partition coefficient (Wildman–Crippen LogP) is 3.91. The summed E-state index contributed by atoms with van der Waals surface area (Å²) in [5, 5.41) is 6.88. The lowest BCUT2D eigenvalue weighted by molar-refractivity contribution is 0.0947. The van der Waals surface area contributed by atoms with Gasteiger partial charge in [0, 0.05) is 11.6 Å². The quantitative estimate of drug-likeness (QED) is 0.789. The molecule has 5 nitrogen and oxygen atoms in total. The molecule has 3 aromatic rings. The number of nitrogens with one attached hydrogen (secondary N) is 1. The Morgan fingerprint density at radius 1 is 1.17 bits per heavy atom. The van der Waals surface area contributed by atoms with Crippen LogP contribution in [0.3, 0.4) is 0 Å². The van der Waals surface area contributed by atoms with E-state index in [9.17, 15) is 4.79 Å². The lowest BCUT2D eigenvalue weighted by atomic mass is 10.1. The fourth-order valence-corrected chi connectivity index (χ4v) is 2.89. The van der Waals surface area contributed by atoms with Crippen LogP contribution in [0.4, 0.5) is 0 Å². The molecule has 2 aromatic heterocycles. The average molecular weight is 327 g/mol. The summed E-state index contributed by atoms with van der Waals surface area (Å²) < 4.78 is 5.32. The van der Waals surface area contributed by atoms with Crippen LogP contribution in [-0.2, 0) is 0 Å². The van der Waals surface area contributed by atoms with E-state index in [-0.39, 0.29) is 11.9 Å². The highest BCUT2D eigenvalue weighted by Crippen LogP contribution is 2.28. The molecule has 6 heteroatoms. The van der Waals surface area contributed by atoms with E-state index >= 15 is 0 Å². The molecule has 0 radical (unpaired) electrons. The van der Waals surface area contributed by atoms with Crippen molar-refractivity contribution >= 4 is 17.2 Å². The van der Waals surface area contributed by atoms with E-state index in [1.807, 2.05) is 51.1 Å². The second kappa shape index (κ2) is 6.34. The van der Waals surface area contributed by atoms with Crippen LogP contribution in [0.15, 0.2) is 40.9 Å². The van der Waals surface area contributed by atoms with Crippen molar-refractivity contribution < 1.29 is 9.32 Å². The monoisotopic (exact) mass is 327 g/mol. The van der Waals surface area contributed by atoms with Crippen LogP contribution < -0.4 is 5.32 Å². The van der Waals surface area contributed by atoms with Crippen molar-refractivity contribution in [3.63, 3.8) is 0 Å². The van der Waals surface area contributed by atoms with Crippen molar-refractivity contribution in [2.24, 2.45) is 0 Å². The Morgan fingerprint density at radius 3 is 2.61 bits per heavy atom. The molecule has 2 heterocycles. The minimum atomic E-state index is -0.0847. The maximum Gasteiger partial charge on any atom is 0.261 e. The Morgan fingerprint density at radius 2 is 1.91 bits per heavy atom. The van der Waals surface area contributed by atoms with Crippen LogP contribution in [0.2, 0.25) is 0 Å². The first-order valence-corrected chi connectivity index (χ1v) is 8.16. The minimum Gasteiger partial charge on any atom is -0.349 e. The van der Waals surface area contributed by atoms with Crippen LogP contribution in [-0.4, -0.2) is 22.1 Å². The van der Waals surface area contributed by atoms with Crippen molar-refractivity contribution in [2.45, 2.75) is 26.8 Å². The molecule has 1 aromatic carbocycles. The van der Waals surface area contributed by atoms with Crippen molar-refractivity contribution in [3.05, 3.63) is 46.8 Å². The second-order valence-corrected chi connectivity index (χ2v) is 6.66. The molecule has 0 spiro atoms. The highest BCUT2D eigenvalue weighted by molar-refractivity contribution is 7.17. The van der Waals surface area contributed by atoms with E-state index in [0.717, 1.165) is 10.4 Å². The predicted molar refractivity (Wildman–Crippen MR) is 90.4 cm³/mol. The van der Waals surface area contributed by atoms with Gasteiger partial charge in [-0.25, -0.2) is 0 Å². The number of carbonyl (C=O) groups excluding carboxylic acids is 1. The number of thiophene rings is 1. The van der Waals surface area contributed by atoms with E-state index in [4.69, 9.17) is 4.52 Å². The molecule has 0 aliphatic heterocycles. The number of nitrogens with zero attached hydrogens (tertiary/aromatic N) is 2. The zero-order chi connectivity index (χ0) is 16.4. The van der Waals surface area contributed by atoms with Crippen LogP contribution in [0.25, 0.3) is 22.2 Å². The second-order valence-electron chi connectivity index (χ2n) is 5.58. The third kappa shape index (κ3) is 3.48. The van der Waals surface area contributed by atoms with Gasteiger partial charge >= 0.3 is 0 Å². The summed E-state index contributed by atoms with van der Waals surface area (Å²) in [5.74, 6) is 0.884. The Bertz CT molecular complexity index is 818. The van der Waals surface area contributed by atoms with Gasteiger partial charge in [-0.1, -0.05) is 22.9 Å². The maximum atomic E-state index is 12.0. The first kappa shape index (κ1) is 15.4. The largest absolute Gasteiger partial charge is 0.349 e. The summed E-state index contributed by atoms with van der Waals surface area (Å²) in [5.41, 5.74) is 2.05. The number of rotatable bonds is 4. The Kier molecular flexibility index (Phi) is 4.25. The van der Waals surface area contributed by atoms with Crippen molar-refractivity contribution in [3.8, 4) is 22.2 Å². The number of hydrogen-bond acceptors (Lipinski definition) is 5. The summed E-state index contributed by atoms with van der Waals surface area (Å²) in [7, 11) is 0. The zero-order valence-corrected chi connectivity index (χ0v) is 14.0. The molecule has 1 N–H and O–H groups in total. The van der Waals surface area contributed by atoms with Crippen molar-refractivity contribution in [2.75, 3.05) is 0 Å². The van der Waals surface area contributed by atoms with Gasteiger partial charge in [0.05, 0.1) is 9.75 Å². The van der Waals surface area contributed by atoms with Gasteiger partial charge in [-0.15, -0.1) is 11.3 Å². The molecule has 0 aliphatic rings. The molecule has 0 saturated carbocycles. The van der Waals surface area contributed by atoms with Gasteiger partial charge in [0.2, 0.25) is 5.82 Å². The van der Waals surface area contributed by atoms with Crippen molar-refractivity contribution in [1.29, 1.82) is 0 Å². The molecule has 23 heavy (non-hydrogen) atoms. The first-order chi connectivity index (χ1) is 11.0. The first-order valence-electron chi connectivity index (χ1n) is 7.35. The molecule has 0 saturated heterocycles. The molecular weight excluding hydrogens is 310 g/mol. The number of hydrogen-bond donors (Lipinski definition) is 1. The van der Waals surface area contributed by atoms with Gasteiger partial charge in [0.1, 0.15) is 0 Å². The van der Waals surface area contributed by atoms with Crippen molar-refractivity contribution in [1.82, 2.24) is 15.5 Å². The molecule has 0 atom stereocenters. The molecule has 0 bridgehead atoms. The van der Waals surface area contributed by atoms with E-state index in [1.165, 1.54) is 16.9 Å². The zero-order valence-electron chi connectivity index (χ0n) is 13.2. The maximum absolute atomic E-state index is 12.0. The Labute approximate surface area is 138 Å². The van der Waals surface area contributed by atoms with Crippen LogP contribution in [0.5, 0.6) is 0 Å². The number of aryl methyl sites for hydroxylation is 1. The molecule has 0 fully saturated rings. The standard InChI is InChI=1S/C17H17N3O2S/c1-10(2)18-16(21)14-9-8-13(23-14)15-19-17(22-20-15)12-6-4-11(3)5-7-12/h4-10H,1-3H3,(H,18,21). The summed E-state index contributed by atoms with van der Waals surface area (Å²) in [6.07, 6.45) is 0. The highest BCUT2D eigenvalue weighted by Gasteiger charge is 2.15. The summed E-state index contributed by atoms with van der Waals surface area (Å²) in [6.45, 7) is 5.89. The molecule has 0 aliphatic carbocycles. The molecule has 0 unspecified atom stereocenters. The Balaban J connectivity index is 1.82. The van der Waals surface area contributed by atoms with E-state index in [0.29, 0.717) is 16.6 Å². The van der Waals surface area contributed by atoms with E-state index in [2.05, 4.69) is 15.5 Å². The van der Waals surface area contributed by atoms with Gasteiger partial charge in [-0.2, -0.15) is 4.98 Å². The number of carbonyl (C=O) groups is 1. The van der Waals surface area contributed by atoms with Gasteiger partial charge < -0.3 is 9.84 Å². The summed E-state index contributed by atoms with van der Waals surface area (Å²) >= 11 is 1.35. The van der Waals surface area contributed by atoms with Crippen LogP contribution in [0, 0.1) is 6.92 Å². The number of aromatic nitrogens is 2. The lowest BCUT2D eigenvalue weighted by Crippen LogP contribution is -2.29. The third-order valence-electron chi connectivity index (χ3n) is 3.19. The van der Waals surface area contributed by atoms with Gasteiger partial charge in [-0.05, 0) is 45.0 Å². The van der Waals surface area contributed by atoms with Gasteiger partial charge in [0.15, 0.2) is 0 Å². The number of amides is 1. The molecular formula is C17H17N3O2S. The lowest BCUT2D eigenvalue weighted by Gasteiger charge is -2.05. The third-order valence-corrected chi connectivity index (χ3v) is 4.27. The van der Waals surface area contributed by atoms with Gasteiger partial charge in [-0.3, -0.25) is 4.79 Å². The van der Waals surface area contributed by atoms with Gasteiger partial charge in [0.25, 0.3) is 11.8 Å². The fourth-order valence-electron chi connectivity index (χ4n) is 2.05. The van der Waals surface area contributed by atoms with Crippen LogP contribution in [0.1, 0.15) is 29.1 Å². The van der Waals surface area contributed by atoms with E-state index < -0.39 is 0 Å². The Hall–Kier alpha value is -2.47. The fraction of sp³-hybridized carbons (Fsp3) is 0.235.